The zero-order chi connectivity index (χ0) is 14.5. The van der Waals surface area contributed by atoms with Crippen molar-refractivity contribution in [1.82, 2.24) is 15.1 Å². The SMILES string of the molecule is CCNC(c1ccn(-c2ccccc2)n1)C1CCOCC1. The van der Waals surface area contributed by atoms with Gasteiger partial charge in [0.1, 0.15) is 0 Å². The van der Waals surface area contributed by atoms with E-state index in [9.17, 15) is 0 Å². The van der Waals surface area contributed by atoms with Crippen molar-refractivity contribution in [3.8, 4) is 5.69 Å². The Labute approximate surface area is 126 Å². The first-order chi connectivity index (χ1) is 10.4. The summed E-state index contributed by atoms with van der Waals surface area (Å²) in [6.45, 7) is 4.85. The van der Waals surface area contributed by atoms with Crippen LogP contribution < -0.4 is 5.32 Å². The van der Waals surface area contributed by atoms with Gasteiger partial charge in [0, 0.05) is 19.4 Å². The summed E-state index contributed by atoms with van der Waals surface area (Å²) >= 11 is 0. The van der Waals surface area contributed by atoms with Gasteiger partial charge in [0.25, 0.3) is 0 Å². The highest BCUT2D eigenvalue weighted by atomic mass is 16.5. The van der Waals surface area contributed by atoms with Gasteiger partial charge < -0.3 is 10.1 Å². The Morgan fingerprint density at radius 1 is 1.24 bits per heavy atom. The smallest absolute Gasteiger partial charge is 0.0801 e. The molecule has 0 saturated carbocycles. The third-order valence-corrected chi connectivity index (χ3v) is 4.11. The summed E-state index contributed by atoms with van der Waals surface area (Å²) in [5.41, 5.74) is 2.23. The molecule has 0 aliphatic carbocycles. The summed E-state index contributed by atoms with van der Waals surface area (Å²) in [6, 6.07) is 12.7. The maximum absolute atomic E-state index is 5.49. The Bertz CT molecular complexity index is 546. The predicted octanol–water partition coefficient (Wildman–Crippen LogP) is 2.95. The van der Waals surface area contributed by atoms with E-state index in [1.165, 1.54) is 0 Å². The Morgan fingerprint density at radius 3 is 2.71 bits per heavy atom. The summed E-state index contributed by atoms with van der Waals surface area (Å²) in [6.07, 6.45) is 4.26. The van der Waals surface area contributed by atoms with E-state index in [1.807, 2.05) is 29.1 Å². The van der Waals surface area contributed by atoms with Crippen molar-refractivity contribution in [1.29, 1.82) is 0 Å². The average molecular weight is 285 g/mol. The third-order valence-electron chi connectivity index (χ3n) is 4.11. The van der Waals surface area contributed by atoms with Gasteiger partial charge in [0.15, 0.2) is 0 Å². The van der Waals surface area contributed by atoms with Crippen LogP contribution >= 0.6 is 0 Å². The van der Waals surface area contributed by atoms with Crippen LogP contribution in [0.15, 0.2) is 42.6 Å². The fourth-order valence-electron chi connectivity index (χ4n) is 3.01. The van der Waals surface area contributed by atoms with Gasteiger partial charge in [-0.05, 0) is 43.5 Å². The Hall–Kier alpha value is -1.65. The summed E-state index contributed by atoms with van der Waals surface area (Å²) in [7, 11) is 0. The fraction of sp³-hybridized carbons (Fsp3) is 0.471. The van der Waals surface area contributed by atoms with Gasteiger partial charge in [0.2, 0.25) is 0 Å². The second-order valence-corrected chi connectivity index (χ2v) is 5.51. The minimum atomic E-state index is 0.323. The minimum absolute atomic E-state index is 0.323. The number of hydrogen-bond donors (Lipinski definition) is 1. The molecule has 2 heterocycles. The average Bonchev–Trinajstić information content (AvgIpc) is 3.04. The van der Waals surface area contributed by atoms with Crippen molar-refractivity contribution in [2.24, 2.45) is 5.92 Å². The molecule has 1 fully saturated rings. The van der Waals surface area contributed by atoms with E-state index in [0.29, 0.717) is 12.0 Å². The lowest BCUT2D eigenvalue weighted by molar-refractivity contribution is 0.0532. The normalized spacial score (nSPS) is 17.8. The summed E-state index contributed by atoms with van der Waals surface area (Å²) in [4.78, 5) is 0. The molecule has 4 heteroatoms. The van der Waals surface area contributed by atoms with Crippen molar-refractivity contribution < 1.29 is 4.74 Å². The molecule has 1 aliphatic heterocycles. The molecule has 1 aromatic heterocycles. The van der Waals surface area contributed by atoms with E-state index in [0.717, 1.165) is 44.0 Å². The Balaban J connectivity index is 1.81. The second-order valence-electron chi connectivity index (χ2n) is 5.51. The molecule has 112 valence electrons. The molecule has 1 saturated heterocycles. The highest BCUT2D eigenvalue weighted by Gasteiger charge is 2.26. The quantitative estimate of drug-likeness (QED) is 0.918. The molecule has 0 radical (unpaired) electrons. The zero-order valence-electron chi connectivity index (χ0n) is 12.5. The van der Waals surface area contributed by atoms with Gasteiger partial charge in [-0.2, -0.15) is 5.10 Å². The van der Waals surface area contributed by atoms with E-state index in [4.69, 9.17) is 9.84 Å². The number of nitrogens with one attached hydrogen (secondary N) is 1. The number of hydrogen-bond acceptors (Lipinski definition) is 3. The number of benzene rings is 1. The highest BCUT2D eigenvalue weighted by Crippen LogP contribution is 2.29. The van der Waals surface area contributed by atoms with Crippen LogP contribution in [0.2, 0.25) is 0 Å². The molecular weight excluding hydrogens is 262 g/mol. The predicted molar refractivity (Wildman–Crippen MR) is 83.5 cm³/mol. The summed E-state index contributed by atoms with van der Waals surface area (Å²) in [5, 5.41) is 8.39. The van der Waals surface area contributed by atoms with Gasteiger partial charge >= 0.3 is 0 Å². The van der Waals surface area contributed by atoms with Gasteiger partial charge in [-0.1, -0.05) is 25.1 Å². The number of para-hydroxylation sites is 1. The summed E-state index contributed by atoms with van der Waals surface area (Å²) in [5.74, 6) is 0.609. The lowest BCUT2D eigenvalue weighted by atomic mass is 9.90. The molecule has 21 heavy (non-hydrogen) atoms. The van der Waals surface area contributed by atoms with Crippen LogP contribution in [0, 0.1) is 5.92 Å². The fourth-order valence-corrected chi connectivity index (χ4v) is 3.01. The maximum atomic E-state index is 5.49. The molecule has 1 N–H and O–H groups in total. The monoisotopic (exact) mass is 285 g/mol. The number of aromatic nitrogens is 2. The molecule has 3 rings (SSSR count). The van der Waals surface area contributed by atoms with E-state index >= 15 is 0 Å². The van der Waals surface area contributed by atoms with Crippen molar-refractivity contribution in [2.75, 3.05) is 19.8 Å². The van der Waals surface area contributed by atoms with Crippen LogP contribution in [0.25, 0.3) is 5.69 Å². The van der Waals surface area contributed by atoms with Crippen LogP contribution in [0.4, 0.5) is 0 Å². The van der Waals surface area contributed by atoms with Crippen molar-refractivity contribution in [3.63, 3.8) is 0 Å². The number of rotatable bonds is 5. The van der Waals surface area contributed by atoms with Crippen LogP contribution in [-0.2, 0) is 4.74 Å². The molecule has 1 unspecified atom stereocenters. The largest absolute Gasteiger partial charge is 0.381 e. The van der Waals surface area contributed by atoms with Crippen LogP contribution in [0.1, 0.15) is 31.5 Å². The molecule has 0 spiro atoms. The van der Waals surface area contributed by atoms with Crippen molar-refractivity contribution >= 4 is 0 Å². The molecule has 0 amide bonds. The topological polar surface area (TPSA) is 39.1 Å². The molecular formula is C17H23N3O. The zero-order valence-corrected chi connectivity index (χ0v) is 12.5. The first-order valence-electron chi connectivity index (χ1n) is 7.80. The van der Waals surface area contributed by atoms with E-state index in [1.54, 1.807) is 0 Å². The van der Waals surface area contributed by atoms with Gasteiger partial charge in [-0.15, -0.1) is 0 Å². The Kier molecular flexibility index (Phi) is 4.68. The van der Waals surface area contributed by atoms with Crippen LogP contribution in [0.5, 0.6) is 0 Å². The molecule has 2 aromatic rings. The maximum Gasteiger partial charge on any atom is 0.0801 e. The number of nitrogens with zero attached hydrogens (tertiary/aromatic N) is 2. The van der Waals surface area contributed by atoms with E-state index < -0.39 is 0 Å². The van der Waals surface area contributed by atoms with E-state index in [-0.39, 0.29) is 0 Å². The molecule has 1 aromatic carbocycles. The lowest BCUT2D eigenvalue weighted by Gasteiger charge is -2.29. The van der Waals surface area contributed by atoms with Crippen molar-refractivity contribution in [2.45, 2.75) is 25.8 Å². The van der Waals surface area contributed by atoms with Gasteiger partial charge in [-0.25, -0.2) is 4.68 Å². The first-order valence-corrected chi connectivity index (χ1v) is 7.80. The standard InChI is InChI=1S/C17H23N3O/c1-2-18-17(14-9-12-21-13-10-14)16-8-11-20(19-16)15-6-4-3-5-7-15/h3-8,11,14,17-18H,2,9-10,12-13H2,1H3. The molecule has 4 nitrogen and oxygen atoms in total. The molecule has 0 bridgehead atoms. The van der Waals surface area contributed by atoms with Crippen LogP contribution in [-0.4, -0.2) is 29.5 Å². The summed E-state index contributed by atoms with van der Waals surface area (Å²) < 4.78 is 7.44. The van der Waals surface area contributed by atoms with E-state index in [2.05, 4.69) is 30.4 Å². The molecule has 1 aliphatic rings. The van der Waals surface area contributed by atoms with Crippen LogP contribution in [0.3, 0.4) is 0 Å². The first kappa shape index (κ1) is 14.3. The molecule has 1 atom stereocenters. The van der Waals surface area contributed by atoms with Gasteiger partial charge in [-0.3, -0.25) is 0 Å². The third kappa shape index (κ3) is 3.34. The Morgan fingerprint density at radius 2 is 2.00 bits per heavy atom. The number of ether oxygens (including phenoxy) is 1. The minimum Gasteiger partial charge on any atom is -0.381 e. The van der Waals surface area contributed by atoms with Crippen molar-refractivity contribution in [3.05, 3.63) is 48.3 Å². The lowest BCUT2D eigenvalue weighted by Crippen LogP contribution is -2.32. The second kappa shape index (κ2) is 6.87. The van der Waals surface area contributed by atoms with Gasteiger partial charge in [0.05, 0.1) is 17.4 Å². The highest BCUT2D eigenvalue weighted by molar-refractivity contribution is 5.30.